The molecule has 1 aromatic heterocycles. The summed E-state index contributed by atoms with van der Waals surface area (Å²) in [6, 6.07) is 3.40. The second kappa shape index (κ2) is 5.17. The van der Waals surface area contributed by atoms with Crippen LogP contribution in [0.2, 0.25) is 0 Å². The van der Waals surface area contributed by atoms with Crippen molar-refractivity contribution in [1.29, 1.82) is 0 Å². The predicted molar refractivity (Wildman–Crippen MR) is 74.7 cm³/mol. The maximum atomic E-state index is 10.8. The highest BCUT2D eigenvalue weighted by Crippen LogP contribution is 2.20. The Morgan fingerprint density at radius 1 is 1.21 bits per heavy atom. The van der Waals surface area contributed by atoms with Crippen LogP contribution >= 0.6 is 0 Å². The van der Waals surface area contributed by atoms with Gasteiger partial charge < -0.3 is 10.0 Å². The summed E-state index contributed by atoms with van der Waals surface area (Å²) in [5, 5.41) is 8.83. The number of rotatable bonds is 2. The first-order chi connectivity index (χ1) is 8.88. The molecule has 1 fully saturated rings. The van der Waals surface area contributed by atoms with Gasteiger partial charge in [-0.05, 0) is 32.9 Å². The lowest BCUT2D eigenvalue weighted by molar-refractivity contribution is 0.0690. The molecule has 0 bridgehead atoms. The molecule has 0 aromatic carbocycles. The quantitative estimate of drug-likeness (QED) is 0.880. The summed E-state index contributed by atoms with van der Waals surface area (Å²) in [6.07, 6.45) is 1.65. The minimum absolute atomic E-state index is 0.0945. The molecule has 0 aliphatic carbocycles. The number of nitrogens with zero attached hydrogens (tertiary/aromatic N) is 3. The van der Waals surface area contributed by atoms with Gasteiger partial charge in [0.2, 0.25) is 0 Å². The van der Waals surface area contributed by atoms with Gasteiger partial charge in [-0.15, -0.1) is 0 Å². The van der Waals surface area contributed by atoms with Gasteiger partial charge in [0.1, 0.15) is 5.69 Å². The Bertz CT molecular complexity index is 443. The normalized spacial score (nSPS) is 17.5. The van der Waals surface area contributed by atoms with Gasteiger partial charge in [-0.3, -0.25) is 4.90 Å². The van der Waals surface area contributed by atoms with Crippen LogP contribution in [-0.2, 0) is 0 Å². The first kappa shape index (κ1) is 13.8. The number of hydrogen-bond acceptors (Lipinski definition) is 4. The van der Waals surface area contributed by atoms with Crippen molar-refractivity contribution in [2.75, 3.05) is 31.1 Å². The average molecular weight is 263 g/mol. The number of aromatic nitrogens is 1. The number of hydrogen-bond donors (Lipinski definition) is 1. The number of carboxylic acids is 1. The molecule has 1 saturated heterocycles. The Labute approximate surface area is 113 Å². The molecule has 0 amide bonds. The van der Waals surface area contributed by atoms with Gasteiger partial charge in [-0.25, -0.2) is 9.78 Å². The molecule has 0 spiro atoms. The maximum absolute atomic E-state index is 10.8. The molecule has 0 unspecified atom stereocenters. The fourth-order valence-electron chi connectivity index (χ4n) is 2.34. The van der Waals surface area contributed by atoms with Crippen molar-refractivity contribution < 1.29 is 9.90 Å². The van der Waals surface area contributed by atoms with Gasteiger partial charge in [-0.1, -0.05) is 0 Å². The van der Waals surface area contributed by atoms with E-state index >= 15 is 0 Å². The molecular formula is C14H21N3O2. The fraction of sp³-hybridized carbons (Fsp3) is 0.571. The summed E-state index contributed by atoms with van der Waals surface area (Å²) >= 11 is 0. The van der Waals surface area contributed by atoms with Crippen LogP contribution in [0.4, 0.5) is 5.69 Å². The Kier molecular flexibility index (Phi) is 3.75. The van der Waals surface area contributed by atoms with E-state index in [1.54, 1.807) is 12.3 Å². The van der Waals surface area contributed by atoms with Crippen LogP contribution in [0, 0.1) is 0 Å². The molecule has 5 heteroatoms. The second-order valence-corrected chi connectivity index (χ2v) is 5.85. The highest BCUT2D eigenvalue weighted by molar-refractivity contribution is 5.85. The summed E-state index contributed by atoms with van der Waals surface area (Å²) in [4.78, 5) is 19.4. The Hall–Kier alpha value is -1.62. The number of carbonyl (C=O) groups is 1. The largest absolute Gasteiger partial charge is 0.477 e. The molecule has 1 aromatic rings. The molecular weight excluding hydrogens is 242 g/mol. The molecule has 0 saturated carbocycles. The van der Waals surface area contributed by atoms with Crippen molar-refractivity contribution in [3.63, 3.8) is 0 Å². The summed E-state index contributed by atoms with van der Waals surface area (Å²) < 4.78 is 0. The monoisotopic (exact) mass is 263 g/mol. The minimum Gasteiger partial charge on any atom is -0.477 e. The zero-order valence-electron chi connectivity index (χ0n) is 11.8. The number of piperazine rings is 1. The molecule has 2 rings (SSSR count). The highest BCUT2D eigenvalue weighted by atomic mass is 16.4. The highest BCUT2D eigenvalue weighted by Gasteiger charge is 2.25. The topological polar surface area (TPSA) is 56.7 Å². The lowest BCUT2D eigenvalue weighted by Crippen LogP contribution is -2.53. The molecule has 2 heterocycles. The van der Waals surface area contributed by atoms with Gasteiger partial charge in [0.05, 0.1) is 11.9 Å². The third-order valence-corrected chi connectivity index (χ3v) is 3.56. The summed E-state index contributed by atoms with van der Waals surface area (Å²) in [6.45, 7) is 10.6. The van der Waals surface area contributed by atoms with Crippen molar-refractivity contribution in [3.8, 4) is 0 Å². The van der Waals surface area contributed by atoms with Crippen molar-refractivity contribution in [1.82, 2.24) is 9.88 Å². The number of carboxylic acid groups (broad SMARTS) is 1. The smallest absolute Gasteiger partial charge is 0.354 e. The van der Waals surface area contributed by atoms with E-state index in [4.69, 9.17) is 5.11 Å². The van der Waals surface area contributed by atoms with E-state index in [1.807, 2.05) is 6.07 Å². The van der Waals surface area contributed by atoms with Crippen LogP contribution in [0.1, 0.15) is 31.3 Å². The Balaban J connectivity index is 2.00. The van der Waals surface area contributed by atoms with Crippen LogP contribution in [0.15, 0.2) is 18.3 Å². The van der Waals surface area contributed by atoms with E-state index in [0.717, 1.165) is 31.9 Å². The minimum atomic E-state index is -0.982. The van der Waals surface area contributed by atoms with Crippen LogP contribution < -0.4 is 4.90 Å². The van der Waals surface area contributed by atoms with Gasteiger partial charge in [0.15, 0.2) is 0 Å². The summed E-state index contributed by atoms with van der Waals surface area (Å²) in [5.41, 5.74) is 1.30. The van der Waals surface area contributed by atoms with Crippen LogP contribution in [0.3, 0.4) is 0 Å². The first-order valence-corrected chi connectivity index (χ1v) is 6.57. The molecule has 1 aliphatic rings. The standard InChI is InChI=1S/C14H21N3O2/c1-14(2,3)17-8-6-16(7-9-17)11-4-5-12(13(18)19)15-10-11/h4-5,10H,6-9H2,1-3H3,(H,18,19). The maximum Gasteiger partial charge on any atom is 0.354 e. The fourth-order valence-corrected chi connectivity index (χ4v) is 2.34. The molecule has 5 nitrogen and oxygen atoms in total. The average Bonchev–Trinajstić information content (AvgIpc) is 2.38. The summed E-state index contributed by atoms with van der Waals surface area (Å²) in [7, 11) is 0. The first-order valence-electron chi connectivity index (χ1n) is 6.57. The molecule has 19 heavy (non-hydrogen) atoms. The summed E-state index contributed by atoms with van der Waals surface area (Å²) in [5.74, 6) is -0.982. The zero-order chi connectivity index (χ0) is 14.0. The molecule has 1 aliphatic heterocycles. The van der Waals surface area contributed by atoms with Crippen molar-refractivity contribution in [2.45, 2.75) is 26.3 Å². The lowest BCUT2D eigenvalue weighted by atomic mass is 10.0. The molecule has 0 atom stereocenters. The Morgan fingerprint density at radius 3 is 2.26 bits per heavy atom. The van der Waals surface area contributed by atoms with Gasteiger partial charge >= 0.3 is 5.97 Å². The SMILES string of the molecule is CC(C)(C)N1CCN(c2ccc(C(=O)O)nc2)CC1. The van der Waals surface area contributed by atoms with Crippen LogP contribution in [-0.4, -0.2) is 52.7 Å². The third-order valence-electron chi connectivity index (χ3n) is 3.56. The van der Waals surface area contributed by atoms with Crippen molar-refractivity contribution in [3.05, 3.63) is 24.0 Å². The van der Waals surface area contributed by atoms with E-state index in [1.165, 1.54) is 0 Å². The van der Waals surface area contributed by atoms with Crippen LogP contribution in [0.25, 0.3) is 0 Å². The predicted octanol–water partition coefficient (Wildman–Crippen LogP) is 1.70. The molecule has 104 valence electrons. The van der Waals surface area contributed by atoms with E-state index in [2.05, 4.69) is 35.6 Å². The van der Waals surface area contributed by atoms with E-state index < -0.39 is 5.97 Å². The number of aromatic carboxylic acids is 1. The molecule has 0 radical (unpaired) electrons. The molecule has 1 N–H and O–H groups in total. The van der Waals surface area contributed by atoms with Gasteiger partial charge in [0, 0.05) is 31.7 Å². The van der Waals surface area contributed by atoms with E-state index in [9.17, 15) is 4.79 Å². The van der Waals surface area contributed by atoms with Crippen molar-refractivity contribution >= 4 is 11.7 Å². The zero-order valence-corrected chi connectivity index (χ0v) is 11.8. The van der Waals surface area contributed by atoms with E-state index in [-0.39, 0.29) is 11.2 Å². The van der Waals surface area contributed by atoms with Gasteiger partial charge in [0.25, 0.3) is 0 Å². The number of pyridine rings is 1. The lowest BCUT2D eigenvalue weighted by Gasteiger charge is -2.42. The number of anilines is 1. The second-order valence-electron chi connectivity index (χ2n) is 5.85. The van der Waals surface area contributed by atoms with Crippen LogP contribution in [0.5, 0.6) is 0 Å². The third kappa shape index (κ3) is 3.23. The van der Waals surface area contributed by atoms with E-state index in [0.29, 0.717) is 0 Å². The van der Waals surface area contributed by atoms with Crippen molar-refractivity contribution in [2.24, 2.45) is 0 Å². The Morgan fingerprint density at radius 2 is 1.84 bits per heavy atom. The van der Waals surface area contributed by atoms with Gasteiger partial charge in [-0.2, -0.15) is 0 Å².